The smallest absolute Gasteiger partial charge is 0.123 e. The number of aryl methyl sites for hydroxylation is 2. The Labute approximate surface area is 119 Å². The van der Waals surface area contributed by atoms with Crippen molar-refractivity contribution in [3.63, 3.8) is 0 Å². The number of nitrogens with zero attached hydrogens (tertiary/aromatic N) is 2. The van der Waals surface area contributed by atoms with Crippen LogP contribution in [0.4, 0.5) is 4.39 Å². The second-order valence-corrected chi connectivity index (χ2v) is 5.21. The summed E-state index contributed by atoms with van der Waals surface area (Å²) in [6.45, 7) is 5.06. The average Bonchev–Trinajstić information content (AvgIpc) is 2.83. The molecule has 0 aliphatic rings. The van der Waals surface area contributed by atoms with Gasteiger partial charge in [0.15, 0.2) is 0 Å². The number of hydrogen-bond donors (Lipinski definition) is 1. The standard InChI is InChI=1S/C16H22FN3/c1-4-7-19-15(16-10-18-11-20(16)3)9-13-5-6-14(17)8-12(13)2/h5-6,8,10-11,15,19H,4,7,9H2,1-3H3. The molecule has 0 saturated heterocycles. The Morgan fingerprint density at radius 1 is 1.40 bits per heavy atom. The highest BCUT2D eigenvalue weighted by molar-refractivity contribution is 5.28. The number of benzene rings is 1. The van der Waals surface area contributed by atoms with E-state index in [0.717, 1.165) is 30.6 Å². The minimum Gasteiger partial charge on any atom is -0.336 e. The molecule has 4 heteroatoms. The van der Waals surface area contributed by atoms with Crippen molar-refractivity contribution in [2.45, 2.75) is 32.7 Å². The highest BCUT2D eigenvalue weighted by Gasteiger charge is 2.16. The van der Waals surface area contributed by atoms with Crippen molar-refractivity contribution in [2.75, 3.05) is 6.54 Å². The van der Waals surface area contributed by atoms with Crippen molar-refractivity contribution in [3.8, 4) is 0 Å². The van der Waals surface area contributed by atoms with Crippen molar-refractivity contribution in [3.05, 3.63) is 53.4 Å². The van der Waals surface area contributed by atoms with E-state index >= 15 is 0 Å². The fourth-order valence-corrected chi connectivity index (χ4v) is 2.41. The van der Waals surface area contributed by atoms with Crippen molar-refractivity contribution >= 4 is 0 Å². The van der Waals surface area contributed by atoms with Crippen LogP contribution < -0.4 is 5.32 Å². The molecule has 0 fully saturated rings. The summed E-state index contributed by atoms with van der Waals surface area (Å²) in [6.07, 6.45) is 5.63. The van der Waals surface area contributed by atoms with Gasteiger partial charge in [-0.1, -0.05) is 13.0 Å². The Balaban J connectivity index is 2.21. The summed E-state index contributed by atoms with van der Waals surface area (Å²) in [4.78, 5) is 4.19. The molecule has 2 aromatic rings. The number of nitrogens with one attached hydrogen (secondary N) is 1. The third kappa shape index (κ3) is 3.45. The summed E-state index contributed by atoms with van der Waals surface area (Å²) >= 11 is 0. The van der Waals surface area contributed by atoms with Gasteiger partial charge in [-0.2, -0.15) is 0 Å². The summed E-state index contributed by atoms with van der Waals surface area (Å²) < 4.78 is 15.2. The molecular formula is C16H22FN3. The largest absolute Gasteiger partial charge is 0.336 e. The Morgan fingerprint density at radius 2 is 2.20 bits per heavy atom. The van der Waals surface area contributed by atoms with Gasteiger partial charge in [-0.05, 0) is 49.6 Å². The monoisotopic (exact) mass is 275 g/mol. The van der Waals surface area contributed by atoms with Gasteiger partial charge in [-0.3, -0.25) is 0 Å². The van der Waals surface area contributed by atoms with Crippen LogP contribution in [0.2, 0.25) is 0 Å². The van der Waals surface area contributed by atoms with Crippen LogP contribution >= 0.6 is 0 Å². The zero-order valence-corrected chi connectivity index (χ0v) is 12.4. The highest BCUT2D eigenvalue weighted by atomic mass is 19.1. The maximum Gasteiger partial charge on any atom is 0.123 e. The fourth-order valence-electron chi connectivity index (χ4n) is 2.41. The molecule has 0 spiro atoms. The first-order valence-corrected chi connectivity index (χ1v) is 7.06. The number of hydrogen-bond acceptors (Lipinski definition) is 2. The topological polar surface area (TPSA) is 29.9 Å². The number of imidazole rings is 1. The summed E-state index contributed by atoms with van der Waals surface area (Å²) in [7, 11) is 2.00. The van der Waals surface area contributed by atoms with Crippen LogP contribution in [0.3, 0.4) is 0 Å². The molecule has 1 heterocycles. The highest BCUT2D eigenvalue weighted by Crippen LogP contribution is 2.20. The molecule has 0 amide bonds. The molecule has 1 aromatic carbocycles. The summed E-state index contributed by atoms with van der Waals surface area (Å²) in [5.41, 5.74) is 3.32. The van der Waals surface area contributed by atoms with E-state index in [4.69, 9.17) is 0 Å². The second kappa shape index (κ2) is 6.66. The Hall–Kier alpha value is -1.68. The third-order valence-electron chi connectivity index (χ3n) is 3.58. The summed E-state index contributed by atoms with van der Waals surface area (Å²) in [6, 6.07) is 5.20. The maximum atomic E-state index is 13.2. The minimum absolute atomic E-state index is 0.176. The van der Waals surface area contributed by atoms with Gasteiger partial charge in [-0.25, -0.2) is 9.37 Å². The second-order valence-electron chi connectivity index (χ2n) is 5.21. The molecule has 1 aromatic heterocycles. The van der Waals surface area contributed by atoms with Gasteiger partial charge in [0.2, 0.25) is 0 Å². The first-order chi connectivity index (χ1) is 9.61. The number of aromatic nitrogens is 2. The molecule has 0 saturated carbocycles. The summed E-state index contributed by atoms with van der Waals surface area (Å²) in [5, 5.41) is 3.55. The van der Waals surface area contributed by atoms with Gasteiger partial charge >= 0.3 is 0 Å². The van der Waals surface area contributed by atoms with Gasteiger partial charge in [-0.15, -0.1) is 0 Å². The van der Waals surface area contributed by atoms with Crippen LogP contribution in [0.15, 0.2) is 30.7 Å². The number of halogens is 1. The van der Waals surface area contributed by atoms with Crippen LogP contribution in [0, 0.1) is 12.7 Å². The first kappa shape index (κ1) is 14.7. The normalized spacial score (nSPS) is 12.6. The van der Waals surface area contributed by atoms with Crippen molar-refractivity contribution in [1.82, 2.24) is 14.9 Å². The van der Waals surface area contributed by atoms with Gasteiger partial charge < -0.3 is 9.88 Å². The molecule has 0 aliphatic heterocycles. The van der Waals surface area contributed by atoms with Crippen LogP contribution in [0.1, 0.15) is 36.2 Å². The van der Waals surface area contributed by atoms with Gasteiger partial charge in [0, 0.05) is 13.2 Å². The summed E-state index contributed by atoms with van der Waals surface area (Å²) in [5.74, 6) is -0.176. The van der Waals surface area contributed by atoms with Gasteiger partial charge in [0.05, 0.1) is 18.1 Å². The van der Waals surface area contributed by atoms with E-state index in [2.05, 4.69) is 17.2 Å². The average molecular weight is 275 g/mol. The predicted molar refractivity (Wildman–Crippen MR) is 79.1 cm³/mol. The van der Waals surface area contributed by atoms with Crippen LogP contribution in [-0.4, -0.2) is 16.1 Å². The van der Waals surface area contributed by atoms with Crippen LogP contribution in [0.25, 0.3) is 0 Å². The quantitative estimate of drug-likeness (QED) is 0.877. The molecule has 1 atom stereocenters. The molecule has 108 valence electrons. The Morgan fingerprint density at radius 3 is 2.80 bits per heavy atom. The molecule has 20 heavy (non-hydrogen) atoms. The van der Waals surface area contributed by atoms with E-state index in [-0.39, 0.29) is 11.9 Å². The van der Waals surface area contributed by atoms with Crippen molar-refractivity contribution < 1.29 is 4.39 Å². The van der Waals surface area contributed by atoms with Crippen molar-refractivity contribution in [1.29, 1.82) is 0 Å². The molecule has 0 radical (unpaired) electrons. The third-order valence-corrected chi connectivity index (χ3v) is 3.58. The molecule has 3 nitrogen and oxygen atoms in total. The lowest BCUT2D eigenvalue weighted by molar-refractivity contribution is 0.503. The van der Waals surface area contributed by atoms with E-state index in [9.17, 15) is 4.39 Å². The van der Waals surface area contributed by atoms with E-state index in [0.29, 0.717) is 0 Å². The molecule has 0 aliphatic carbocycles. The zero-order valence-electron chi connectivity index (χ0n) is 12.4. The van der Waals surface area contributed by atoms with Crippen LogP contribution in [-0.2, 0) is 13.5 Å². The van der Waals surface area contributed by atoms with E-state index < -0.39 is 0 Å². The van der Waals surface area contributed by atoms with Crippen molar-refractivity contribution in [2.24, 2.45) is 7.05 Å². The van der Waals surface area contributed by atoms with Gasteiger partial charge in [0.25, 0.3) is 0 Å². The molecule has 1 unspecified atom stereocenters. The van der Waals surface area contributed by atoms with E-state index in [1.165, 1.54) is 11.6 Å². The first-order valence-electron chi connectivity index (χ1n) is 7.06. The molecule has 0 bridgehead atoms. The fraction of sp³-hybridized carbons (Fsp3) is 0.438. The predicted octanol–water partition coefficient (Wildman–Crippen LogP) is 3.15. The van der Waals surface area contributed by atoms with Gasteiger partial charge in [0.1, 0.15) is 5.82 Å². The Bertz CT molecular complexity index is 563. The zero-order chi connectivity index (χ0) is 14.5. The van der Waals surface area contributed by atoms with Crippen LogP contribution in [0.5, 0.6) is 0 Å². The lowest BCUT2D eigenvalue weighted by Gasteiger charge is -2.20. The van der Waals surface area contributed by atoms with E-state index in [1.54, 1.807) is 6.07 Å². The molecule has 1 N–H and O–H groups in total. The number of rotatable bonds is 6. The SMILES string of the molecule is CCCNC(Cc1ccc(F)cc1C)c1cncn1C. The molecular weight excluding hydrogens is 253 g/mol. The lowest BCUT2D eigenvalue weighted by Crippen LogP contribution is -2.26. The minimum atomic E-state index is -0.176. The lowest BCUT2D eigenvalue weighted by atomic mass is 9.99. The maximum absolute atomic E-state index is 13.2. The van der Waals surface area contributed by atoms with E-state index in [1.807, 2.05) is 37.1 Å². The Kier molecular flexibility index (Phi) is 4.90. The molecule has 2 rings (SSSR count).